The fraction of sp³-hybridized carbons (Fsp3) is 0.375. The largest absolute Gasteiger partial charge is 0.351 e. The second-order valence-electron chi connectivity index (χ2n) is 5.76. The minimum atomic E-state index is -2.79. The first-order valence-electron chi connectivity index (χ1n) is 7.44. The third-order valence-electron chi connectivity index (χ3n) is 3.84. The van der Waals surface area contributed by atoms with Gasteiger partial charge in [-0.15, -0.1) is 24.8 Å². The molecular formula is C16H20Cl2F2N4O. The zero-order valence-corrected chi connectivity index (χ0v) is 15.0. The number of nitrogens with zero attached hydrogens (tertiary/aromatic N) is 2. The number of aromatic nitrogens is 2. The number of nitrogens with one attached hydrogen (secondary N) is 2. The van der Waals surface area contributed by atoms with E-state index in [-0.39, 0.29) is 30.7 Å². The zero-order chi connectivity index (χ0) is 16.3. The van der Waals surface area contributed by atoms with E-state index >= 15 is 0 Å². The van der Waals surface area contributed by atoms with Gasteiger partial charge in [0.25, 0.3) is 5.92 Å². The van der Waals surface area contributed by atoms with Crippen LogP contribution >= 0.6 is 24.8 Å². The molecule has 0 aliphatic carbocycles. The first-order valence-corrected chi connectivity index (χ1v) is 7.44. The van der Waals surface area contributed by atoms with Gasteiger partial charge in [0, 0.05) is 31.9 Å². The molecule has 0 saturated carbocycles. The average molecular weight is 393 g/mol. The van der Waals surface area contributed by atoms with E-state index in [2.05, 4.69) is 15.6 Å². The Morgan fingerprint density at radius 2 is 1.96 bits per heavy atom. The van der Waals surface area contributed by atoms with Crippen LogP contribution in [0.1, 0.15) is 17.5 Å². The van der Waals surface area contributed by atoms with Crippen molar-refractivity contribution in [2.45, 2.75) is 31.5 Å². The molecule has 1 aliphatic rings. The van der Waals surface area contributed by atoms with Gasteiger partial charge in [-0.25, -0.2) is 13.8 Å². The van der Waals surface area contributed by atoms with Crippen molar-refractivity contribution in [2.24, 2.45) is 0 Å². The summed E-state index contributed by atoms with van der Waals surface area (Å²) in [7, 11) is 0. The monoisotopic (exact) mass is 392 g/mol. The van der Waals surface area contributed by atoms with Crippen molar-refractivity contribution in [2.75, 3.05) is 6.54 Å². The van der Waals surface area contributed by atoms with Gasteiger partial charge < -0.3 is 9.88 Å². The van der Waals surface area contributed by atoms with E-state index in [1.54, 1.807) is 12.5 Å². The van der Waals surface area contributed by atoms with Crippen LogP contribution in [0.3, 0.4) is 0 Å². The molecule has 2 aromatic rings. The zero-order valence-electron chi connectivity index (χ0n) is 13.3. The smallest absolute Gasteiger partial charge is 0.262 e. The summed E-state index contributed by atoms with van der Waals surface area (Å²) in [6.45, 7) is 0.621. The van der Waals surface area contributed by atoms with Gasteiger partial charge >= 0.3 is 0 Å². The standard InChI is InChI=1S/C16H18F2N4O.2ClH/c17-16(18)7-14(21-10-16)15(23)20-8-12-1-3-13(4-2-12)9-22-6-5-19-11-22;;/h1-6,11,14,21H,7-10H2,(H,20,23);2*1H. The third-order valence-corrected chi connectivity index (χ3v) is 3.84. The van der Waals surface area contributed by atoms with E-state index in [1.165, 1.54) is 0 Å². The van der Waals surface area contributed by atoms with Crippen LogP contribution in [0.5, 0.6) is 0 Å². The minimum Gasteiger partial charge on any atom is -0.351 e. The van der Waals surface area contributed by atoms with Crippen LogP contribution in [-0.4, -0.2) is 34.0 Å². The Labute approximate surface area is 157 Å². The summed E-state index contributed by atoms with van der Waals surface area (Å²) < 4.78 is 28.1. The summed E-state index contributed by atoms with van der Waals surface area (Å²) in [5.74, 6) is -3.18. The van der Waals surface area contributed by atoms with Crippen LogP contribution in [0.25, 0.3) is 0 Å². The van der Waals surface area contributed by atoms with Gasteiger partial charge in [-0.1, -0.05) is 24.3 Å². The molecule has 1 saturated heterocycles. The quantitative estimate of drug-likeness (QED) is 0.820. The number of benzene rings is 1. The van der Waals surface area contributed by atoms with E-state index in [0.29, 0.717) is 6.54 Å². The molecule has 1 amide bonds. The lowest BCUT2D eigenvalue weighted by Crippen LogP contribution is -2.40. The van der Waals surface area contributed by atoms with Crippen molar-refractivity contribution in [3.8, 4) is 0 Å². The van der Waals surface area contributed by atoms with Gasteiger partial charge in [-0.2, -0.15) is 0 Å². The lowest BCUT2D eigenvalue weighted by Gasteiger charge is -2.11. The molecule has 1 fully saturated rings. The van der Waals surface area contributed by atoms with E-state index in [0.717, 1.165) is 17.7 Å². The molecule has 1 atom stereocenters. The number of alkyl halides is 2. The molecule has 0 radical (unpaired) electrons. The minimum absolute atomic E-state index is 0. The first-order chi connectivity index (χ1) is 11.0. The molecule has 2 N–H and O–H groups in total. The van der Waals surface area contributed by atoms with Crippen molar-refractivity contribution < 1.29 is 13.6 Å². The third kappa shape index (κ3) is 5.95. The molecule has 1 aromatic heterocycles. The summed E-state index contributed by atoms with van der Waals surface area (Å²) in [4.78, 5) is 15.9. The topological polar surface area (TPSA) is 59.0 Å². The molecule has 1 unspecified atom stereocenters. The van der Waals surface area contributed by atoms with Gasteiger partial charge in [0.15, 0.2) is 0 Å². The Morgan fingerprint density at radius 1 is 1.28 bits per heavy atom. The molecule has 3 rings (SSSR count). The lowest BCUT2D eigenvalue weighted by molar-refractivity contribution is -0.123. The van der Waals surface area contributed by atoms with Crippen molar-refractivity contribution in [1.82, 2.24) is 20.2 Å². The second-order valence-corrected chi connectivity index (χ2v) is 5.76. The molecule has 5 nitrogen and oxygen atoms in total. The van der Waals surface area contributed by atoms with Crippen molar-refractivity contribution in [3.63, 3.8) is 0 Å². The molecule has 9 heteroatoms. The van der Waals surface area contributed by atoms with Crippen molar-refractivity contribution in [3.05, 3.63) is 54.1 Å². The van der Waals surface area contributed by atoms with Crippen LogP contribution in [0.2, 0.25) is 0 Å². The van der Waals surface area contributed by atoms with Gasteiger partial charge in [-0.05, 0) is 11.1 Å². The van der Waals surface area contributed by atoms with Gasteiger partial charge in [0.05, 0.1) is 18.9 Å². The molecule has 1 aliphatic heterocycles. The number of carbonyl (C=O) groups excluding carboxylic acids is 1. The number of rotatable bonds is 5. The predicted molar refractivity (Wildman–Crippen MR) is 95.5 cm³/mol. The van der Waals surface area contributed by atoms with Gasteiger partial charge in [0.1, 0.15) is 0 Å². The van der Waals surface area contributed by atoms with E-state index in [9.17, 15) is 13.6 Å². The molecule has 0 spiro atoms. The van der Waals surface area contributed by atoms with Crippen LogP contribution in [-0.2, 0) is 17.9 Å². The Bertz CT molecular complexity index is 665. The fourth-order valence-corrected chi connectivity index (χ4v) is 2.57. The van der Waals surface area contributed by atoms with Crippen molar-refractivity contribution in [1.29, 1.82) is 0 Å². The number of imidazole rings is 1. The maximum absolute atomic E-state index is 13.1. The SMILES string of the molecule is Cl.Cl.O=C(NCc1ccc(Cn2ccnc2)cc1)C1CC(F)(F)CN1. The van der Waals surface area contributed by atoms with E-state index in [4.69, 9.17) is 0 Å². The van der Waals surface area contributed by atoms with E-state index < -0.39 is 24.9 Å². The van der Waals surface area contributed by atoms with Crippen LogP contribution in [0.4, 0.5) is 8.78 Å². The highest BCUT2D eigenvalue weighted by atomic mass is 35.5. The summed E-state index contributed by atoms with van der Waals surface area (Å²) in [6, 6.07) is 6.98. The summed E-state index contributed by atoms with van der Waals surface area (Å²) in [5, 5.41) is 5.24. The second kappa shape index (κ2) is 9.12. The number of carbonyl (C=O) groups is 1. The predicted octanol–water partition coefficient (Wildman–Crippen LogP) is 2.39. The summed E-state index contributed by atoms with van der Waals surface area (Å²) >= 11 is 0. The van der Waals surface area contributed by atoms with Gasteiger partial charge in [0.2, 0.25) is 5.91 Å². The molecule has 138 valence electrons. The Balaban J connectivity index is 0.00000156. The van der Waals surface area contributed by atoms with Crippen molar-refractivity contribution >= 4 is 30.7 Å². The molecule has 1 aromatic carbocycles. The Hall–Kier alpha value is -1.70. The number of hydrogen-bond donors (Lipinski definition) is 2. The molecule has 0 bridgehead atoms. The number of hydrogen-bond acceptors (Lipinski definition) is 3. The first kappa shape index (κ1) is 21.3. The Morgan fingerprint density at radius 3 is 2.52 bits per heavy atom. The maximum atomic E-state index is 13.1. The maximum Gasteiger partial charge on any atom is 0.262 e. The molecule has 25 heavy (non-hydrogen) atoms. The summed E-state index contributed by atoms with van der Waals surface area (Å²) in [6.07, 6.45) is 4.92. The average Bonchev–Trinajstić information content (AvgIpc) is 3.15. The lowest BCUT2D eigenvalue weighted by atomic mass is 10.1. The highest BCUT2D eigenvalue weighted by molar-refractivity contribution is 5.85. The van der Waals surface area contributed by atoms with E-state index in [1.807, 2.05) is 35.0 Å². The summed E-state index contributed by atoms with van der Waals surface area (Å²) in [5.41, 5.74) is 2.05. The van der Waals surface area contributed by atoms with Gasteiger partial charge in [-0.3, -0.25) is 10.1 Å². The highest BCUT2D eigenvalue weighted by Crippen LogP contribution is 2.25. The van der Waals surface area contributed by atoms with Crippen LogP contribution in [0.15, 0.2) is 43.0 Å². The molecule has 2 heterocycles. The number of amides is 1. The van der Waals surface area contributed by atoms with Crippen LogP contribution in [0, 0.1) is 0 Å². The Kier molecular flexibility index (Phi) is 7.79. The normalized spacial score (nSPS) is 18.1. The fourth-order valence-electron chi connectivity index (χ4n) is 2.57. The van der Waals surface area contributed by atoms with Crippen LogP contribution < -0.4 is 10.6 Å². The number of halogens is 4. The highest BCUT2D eigenvalue weighted by Gasteiger charge is 2.42. The molecular weight excluding hydrogens is 373 g/mol.